The maximum absolute atomic E-state index is 12.9. The van der Waals surface area contributed by atoms with Crippen molar-refractivity contribution in [3.05, 3.63) is 51.2 Å². The molecule has 5 heteroatoms. The molecule has 1 aliphatic rings. The monoisotopic (exact) mass is 301 g/mol. The van der Waals surface area contributed by atoms with Gasteiger partial charge in [-0.2, -0.15) is 0 Å². The summed E-state index contributed by atoms with van der Waals surface area (Å²) in [6, 6.07) is 7.93. The van der Waals surface area contributed by atoms with E-state index in [0.717, 1.165) is 18.5 Å². The number of carbonyl (C=O) groups excluding carboxylic acids is 1. The summed E-state index contributed by atoms with van der Waals surface area (Å²) in [5.74, 6) is 5.58. The fraction of sp³-hybridized carbons (Fsp3) is 0.312. The minimum Gasteiger partial charge on any atom is -0.331 e. The van der Waals surface area contributed by atoms with Crippen LogP contribution >= 0.6 is 11.3 Å². The van der Waals surface area contributed by atoms with E-state index in [0.29, 0.717) is 11.3 Å². The van der Waals surface area contributed by atoms with E-state index in [2.05, 4.69) is 23.8 Å². The van der Waals surface area contributed by atoms with E-state index in [1.165, 1.54) is 10.4 Å². The second-order valence-corrected chi connectivity index (χ2v) is 6.42. The Morgan fingerprint density at radius 1 is 1.43 bits per heavy atom. The van der Waals surface area contributed by atoms with Crippen LogP contribution in [0.2, 0.25) is 0 Å². The number of rotatable bonds is 2. The van der Waals surface area contributed by atoms with Crippen molar-refractivity contribution in [2.45, 2.75) is 26.3 Å². The van der Waals surface area contributed by atoms with Crippen LogP contribution in [0.4, 0.5) is 5.69 Å². The number of anilines is 1. The van der Waals surface area contributed by atoms with Gasteiger partial charge in [0.15, 0.2) is 0 Å². The number of nitrogens with two attached hydrogens (primary N) is 1. The number of thiophene rings is 1. The predicted octanol–water partition coefficient (Wildman–Crippen LogP) is 3.10. The molecule has 1 aromatic heterocycles. The van der Waals surface area contributed by atoms with Crippen LogP contribution in [0.1, 0.15) is 39.3 Å². The summed E-state index contributed by atoms with van der Waals surface area (Å²) in [5.41, 5.74) is 6.27. The molecule has 0 spiro atoms. The first kappa shape index (κ1) is 14.1. The Bertz CT molecular complexity index is 680. The molecular weight excluding hydrogens is 282 g/mol. The molecule has 4 nitrogen and oxygen atoms in total. The number of hydrazine groups is 1. The predicted molar refractivity (Wildman–Crippen MR) is 86.5 cm³/mol. The minimum atomic E-state index is 0.0380. The largest absolute Gasteiger partial charge is 0.331 e. The van der Waals surface area contributed by atoms with Gasteiger partial charge in [-0.25, -0.2) is 0 Å². The SMILES string of the molecule is Cc1ccc(NN)c(C(=O)N2CCc3sccc3C2C)c1. The van der Waals surface area contributed by atoms with Crippen molar-refractivity contribution in [2.24, 2.45) is 5.84 Å². The Morgan fingerprint density at radius 2 is 2.24 bits per heavy atom. The maximum atomic E-state index is 12.9. The molecule has 0 saturated carbocycles. The minimum absolute atomic E-state index is 0.0380. The Morgan fingerprint density at radius 3 is 3.00 bits per heavy atom. The highest BCUT2D eigenvalue weighted by Crippen LogP contribution is 2.34. The Hall–Kier alpha value is -1.85. The van der Waals surface area contributed by atoms with Crippen molar-refractivity contribution in [3.63, 3.8) is 0 Å². The lowest BCUT2D eigenvalue weighted by molar-refractivity contribution is 0.0680. The molecule has 3 rings (SSSR count). The quantitative estimate of drug-likeness (QED) is 0.662. The molecule has 0 bridgehead atoms. The number of benzene rings is 1. The number of amides is 1. The molecule has 1 aliphatic heterocycles. The third-order valence-corrected chi connectivity index (χ3v) is 5.10. The Balaban J connectivity index is 1.95. The average molecular weight is 301 g/mol. The molecule has 1 unspecified atom stereocenters. The van der Waals surface area contributed by atoms with Crippen LogP contribution < -0.4 is 11.3 Å². The number of carbonyl (C=O) groups is 1. The lowest BCUT2D eigenvalue weighted by atomic mass is 9.99. The molecule has 1 amide bonds. The van der Waals surface area contributed by atoms with E-state index >= 15 is 0 Å². The van der Waals surface area contributed by atoms with Gasteiger partial charge in [0.05, 0.1) is 17.3 Å². The molecule has 3 N–H and O–H groups in total. The molecule has 0 aliphatic carbocycles. The van der Waals surface area contributed by atoms with Gasteiger partial charge in [-0.15, -0.1) is 11.3 Å². The summed E-state index contributed by atoms with van der Waals surface area (Å²) >= 11 is 1.78. The highest BCUT2D eigenvalue weighted by Gasteiger charge is 2.29. The van der Waals surface area contributed by atoms with Crippen LogP contribution in [0.3, 0.4) is 0 Å². The van der Waals surface area contributed by atoms with Crippen molar-refractivity contribution in [1.29, 1.82) is 0 Å². The molecule has 2 heterocycles. The molecule has 0 radical (unpaired) electrons. The summed E-state index contributed by atoms with van der Waals surface area (Å²) in [6.07, 6.45) is 0.931. The fourth-order valence-electron chi connectivity index (χ4n) is 2.90. The first-order chi connectivity index (χ1) is 10.1. The van der Waals surface area contributed by atoms with E-state index in [1.54, 1.807) is 11.3 Å². The highest BCUT2D eigenvalue weighted by atomic mass is 32.1. The van der Waals surface area contributed by atoms with Gasteiger partial charge >= 0.3 is 0 Å². The topological polar surface area (TPSA) is 58.4 Å². The summed E-state index contributed by atoms with van der Waals surface area (Å²) < 4.78 is 0. The number of nitrogen functional groups attached to an aromatic ring is 1. The molecule has 110 valence electrons. The molecular formula is C16H19N3OS. The van der Waals surface area contributed by atoms with Crippen LogP contribution in [-0.2, 0) is 6.42 Å². The first-order valence-corrected chi connectivity index (χ1v) is 7.94. The summed E-state index contributed by atoms with van der Waals surface area (Å²) in [4.78, 5) is 16.2. The number of hydrogen-bond acceptors (Lipinski definition) is 4. The van der Waals surface area contributed by atoms with Gasteiger partial charge < -0.3 is 10.3 Å². The number of aryl methyl sites for hydroxylation is 1. The normalized spacial score (nSPS) is 17.5. The molecule has 1 aromatic carbocycles. The van der Waals surface area contributed by atoms with Crippen molar-refractivity contribution in [1.82, 2.24) is 4.90 Å². The molecule has 1 atom stereocenters. The van der Waals surface area contributed by atoms with Crippen LogP contribution in [0, 0.1) is 6.92 Å². The molecule has 0 saturated heterocycles. The van der Waals surface area contributed by atoms with Crippen LogP contribution in [0.15, 0.2) is 29.6 Å². The second-order valence-electron chi connectivity index (χ2n) is 5.42. The van der Waals surface area contributed by atoms with E-state index in [-0.39, 0.29) is 11.9 Å². The first-order valence-electron chi connectivity index (χ1n) is 7.06. The summed E-state index contributed by atoms with van der Waals surface area (Å²) in [7, 11) is 0. The number of fused-ring (bicyclic) bond motifs is 1. The van der Waals surface area contributed by atoms with Gasteiger partial charge in [-0.1, -0.05) is 11.6 Å². The third kappa shape index (κ3) is 2.43. The zero-order valence-electron chi connectivity index (χ0n) is 12.2. The van der Waals surface area contributed by atoms with Crippen molar-refractivity contribution in [3.8, 4) is 0 Å². The van der Waals surface area contributed by atoms with Crippen molar-refractivity contribution in [2.75, 3.05) is 12.0 Å². The zero-order valence-corrected chi connectivity index (χ0v) is 13.0. The van der Waals surface area contributed by atoms with Gasteiger partial charge in [0.1, 0.15) is 0 Å². The molecule has 0 fully saturated rings. The van der Waals surface area contributed by atoms with E-state index in [4.69, 9.17) is 5.84 Å². The lowest BCUT2D eigenvalue weighted by Crippen LogP contribution is -2.38. The van der Waals surface area contributed by atoms with Gasteiger partial charge in [0.2, 0.25) is 0 Å². The van der Waals surface area contributed by atoms with Crippen LogP contribution in [0.5, 0.6) is 0 Å². The molecule has 2 aromatic rings. The lowest BCUT2D eigenvalue weighted by Gasteiger charge is -2.34. The van der Waals surface area contributed by atoms with Gasteiger partial charge in [-0.3, -0.25) is 10.6 Å². The van der Waals surface area contributed by atoms with Crippen LogP contribution in [-0.4, -0.2) is 17.4 Å². The van der Waals surface area contributed by atoms with E-state index in [9.17, 15) is 4.79 Å². The van der Waals surface area contributed by atoms with Gasteiger partial charge in [0.25, 0.3) is 5.91 Å². The van der Waals surface area contributed by atoms with E-state index < -0.39 is 0 Å². The smallest absolute Gasteiger partial charge is 0.256 e. The van der Waals surface area contributed by atoms with Crippen LogP contribution in [0.25, 0.3) is 0 Å². The fourth-order valence-corrected chi connectivity index (χ4v) is 3.87. The average Bonchev–Trinajstić information content (AvgIpc) is 2.96. The van der Waals surface area contributed by atoms with Crippen molar-refractivity contribution < 1.29 is 4.79 Å². The summed E-state index contributed by atoms with van der Waals surface area (Å²) in [5, 5.41) is 2.11. The Labute approximate surface area is 128 Å². The summed E-state index contributed by atoms with van der Waals surface area (Å²) in [6.45, 7) is 4.83. The zero-order chi connectivity index (χ0) is 15.0. The van der Waals surface area contributed by atoms with Gasteiger partial charge in [0, 0.05) is 11.4 Å². The molecule has 21 heavy (non-hydrogen) atoms. The number of hydrogen-bond donors (Lipinski definition) is 2. The highest BCUT2D eigenvalue weighted by molar-refractivity contribution is 7.10. The van der Waals surface area contributed by atoms with E-state index in [1.807, 2.05) is 30.0 Å². The number of nitrogens with one attached hydrogen (secondary N) is 1. The third-order valence-electron chi connectivity index (χ3n) is 4.10. The van der Waals surface area contributed by atoms with Crippen molar-refractivity contribution >= 4 is 22.9 Å². The standard InChI is InChI=1S/C16H19N3OS/c1-10-3-4-14(18-17)13(9-10)16(20)19-7-5-15-12(11(19)2)6-8-21-15/h3-4,6,8-9,11,18H,5,7,17H2,1-2H3. The number of nitrogens with zero attached hydrogens (tertiary/aromatic N) is 1. The second kappa shape index (κ2) is 5.50. The van der Waals surface area contributed by atoms with Gasteiger partial charge in [-0.05, 0) is 49.4 Å². The maximum Gasteiger partial charge on any atom is 0.256 e. The Kier molecular flexibility index (Phi) is 3.69.